The number of hydrogen-bond acceptors (Lipinski definition) is 5. The molecule has 0 aromatic heterocycles. The van der Waals surface area contributed by atoms with Crippen LogP contribution in [0.4, 0.5) is 4.39 Å². The van der Waals surface area contributed by atoms with Crippen molar-refractivity contribution in [3.8, 4) is 0 Å². The smallest absolute Gasteiger partial charge is 0.147 e. The van der Waals surface area contributed by atoms with E-state index in [1.54, 1.807) is 22.8 Å². The molecule has 0 aromatic rings. The molecule has 2 unspecified atom stereocenters. The minimum atomic E-state index is -1.38. The first-order valence-corrected chi connectivity index (χ1v) is 13.0. The van der Waals surface area contributed by atoms with Crippen LogP contribution in [0.5, 0.6) is 0 Å². The van der Waals surface area contributed by atoms with Crippen LogP contribution >= 0.6 is 36.0 Å². The van der Waals surface area contributed by atoms with E-state index in [1.165, 1.54) is 0 Å². The molecule has 17 heavy (non-hydrogen) atoms. The molecule has 2 heterocycles. The fourth-order valence-corrected chi connectivity index (χ4v) is 9.82. The Morgan fingerprint density at radius 1 is 1.59 bits per heavy atom. The van der Waals surface area contributed by atoms with E-state index >= 15 is 0 Å². The normalized spacial score (nSPS) is 51.6. The molecule has 0 aliphatic carbocycles. The molecule has 2 fully saturated rings. The van der Waals surface area contributed by atoms with E-state index in [0.717, 1.165) is 0 Å². The highest BCUT2D eigenvalue weighted by atomic mass is 33.2. The highest BCUT2D eigenvalue weighted by molar-refractivity contribution is 9.00. The second-order valence-corrected chi connectivity index (χ2v) is 17.6. The van der Waals surface area contributed by atoms with Crippen LogP contribution in [0.2, 0.25) is 0 Å². The van der Waals surface area contributed by atoms with Gasteiger partial charge in [-0.2, -0.15) is 0 Å². The van der Waals surface area contributed by atoms with Gasteiger partial charge in [0, 0.05) is 20.3 Å². The lowest BCUT2D eigenvalue weighted by molar-refractivity contribution is -0.0174. The standard InChI is InChI=1S/C8H14BFO2P2S3/c1-13-12-6-5(10)7(9)11-8(6)3-16-14(2,15)17-4-8/h5-7,13H,3-4H2,1-2H3/t5?,6-,7-,8?,14?/m1/s1. The summed E-state index contributed by atoms with van der Waals surface area (Å²) in [5.74, 6) is 1.38. The summed E-state index contributed by atoms with van der Waals surface area (Å²) in [6.07, 6.45) is -1.78. The molecule has 0 bridgehead atoms. The molecule has 2 aliphatic rings. The van der Waals surface area contributed by atoms with Gasteiger partial charge >= 0.3 is 0 Å². The minimum Gasteiger partial charge on any atom is -0.374 e. The zero-order valence-electron chi connectivity index (χ0n) is 9.59. The number of rotatable bonds is 2. The first kappa shape index (κ1) is 15.1. The maximum absolute atomic E-state index is 14.0. The van der Waals surface area contributed by atoms with Gasteiger partial charge in [-0.1, -0.05) is 11.8 Å². The van der Waals surface area contributed by atoms with E-state index in [0.29, 0.717) is 11.5 Å². The molecule has 2 rings (SSSR count). The molecule has 9 heteroatoms. The Labute approximate surface area is 118 Å². The molecule has 0 amide bonds. The van der Waals surface area contributed by atoms with Crippen molar-refractivity contribution in [3.05, 3.63) is 0 Å². The first-order chi connectivity index (χ1) is 7.90. The van der Waals surface area contributed by atoms with Crippen molar-refractivity contribution in [1.82, 2.24) is 0 Å². The van der Waals surface area contributed by atoms with Gasteiger partial charge < -0.3 is 9.26 Å². The maximum Gasteiger partial charge on any atom is 0.147 e. The Morgan fingerprint density at radius 3 is 2.71 bits per heavy atom. The lowest BCUT2D eigenvalue weighted by Gasteiger charge is -2.39. The quantitative estimate of drug-likeness (QED) is 0.571. The third-order valence-electron chi connectivity index (χ3n) is 2.82. The van der Waals surface area contributed by atoms with E-state index in [-0.39, 0.29) is 8.81 Å². The summed E-state index contributed by atoms with van der Waals surface area (Å²) in [5.41, 5.74) is -0.588. The fourth-order valence-electron chi connectivity index (χ4n) is 1.93. The molecule has 0 aromatic carbocycles. The number of hydrogen-bond donors (Lipinski definition) is 0. The van der Waals surface area contributed by atoms with Gasteiger partial charge in [0.15, 0.2) is 0 Å². The monoisotopic (exact) mass is 330 g/mol. The van der Waals surface area contributed by atoms with Gasteiger partial charge in [-0.05, 0) is 13.3 Å². The van der Waals surface area contributed by atoms with Crippen LogP contribution < -0.4 is 0 Å². The molecular formula is C8H14BFO2P2S3. The maximum atomic E-state index is 14.0. The second-order valence-electron chi connectivity index (χ2n) is 4.15. The van der Waals surface area contributed by atoms with E-state index in [1.807, 2.05) is 6.66 Å². The second kappa shape index (κ2) is 5.59. The van der Waals surface area contributed by atoms with Gasteiger partial charge in [0.25, 0.3) is 0 Å². The minimum absolute atomic E-state index is 0.241. The van der Waals surface area contributed by atoms with Crippen LogP contribution in [0.15, 0.2) is 0 Å². The summed E-state index contributed by atoms with van der Waals surface area (Å²) in [6.45, 7) is 3.99. The van der Waals surface area contributed by atoms with Crippen molar-refractivity contribution in [2.45, 2.75) is 23.9 Å². The zero-order valence-corrected chi connectivity index (χ0v) is 13.9. The van der Waals surface area contributed by atoms with E-state index in [2.05, 4.69) is 6.66 Å². The molecule has 2 radical (unpaired) electrons. The highest BCUT2D eigenvalue weighted by Crippen LogP contribution is 2.71. The Bertz CT molecular complexity index is 337. The third-order valence-corrected chi connectivity index (χ3v) is 12.9. The zero-order chi connectivity index (χ0) is 12.7. The topological polar surface area (TPSA) is 18.5 Å². The molecule has 1 spiro atoms. The SMILES string of the molecule is [B][C@@H]1OC2(CSP(C)(=S)SC2)[C@H](OPC)C1F. The fraction of sp³-hybridized carbons (Fsp3) is 1.00. The molecule has 2 aliphatic heterocycles. The van der Waals surface area contributed by atoms with Crippen molar-refractivity contribution < 1.29 is 13.7 Å². The third kappa shape index (κ3) is 3.07. The highest BCUT2D eigenvalue weighted by Gasteiger charge is 2.56. The molecular weight excluding hydrogens is 316 g/mol. The van der Waals surface area contributed by atoms with Crippen molar-refractivity contribution in [2.75, 3.05) is 24.8 Å². The summed E-state index contributed by atoms with van der Waals surface area (Å²) in [4.78, 5) is 0. The Balaban J connectivity index is 2.16. The molecule has 2 nitrogen and oxygen atoms in total. The average Bonchev–Trinajstić information content (AvgIpc) is 2.49. The molecule has 2 saturated heterocycles. The Kier molecular flexibility index (Phi) is 4.96. The summed E-state index contributed by atoms with van der Waals surface area (Å²) < 4.78 is 23.8. The van der Waals surface area contributed by atoms with E-state index in [4.69, 9.17) is 28.9 Å². The molecule has 0 saturated carbocycles. The van der Waals surface area contributed by atoms with Crippen LogP contribution in [0, 0.1) is 0 Å². The van der Waals surface area contributed by atoms with Gasteiger partial charge in [-0.3, -0.25) is 0 Å². The van der Waals surface area contributed by atoms with Gasteiger partial charge in [-0.15, -0.1) is 22.8 Å². The van der Waals surface area contributed by atoms with Crippen molar-refractivity contribution in [3.63, 3.8) is 0 Å². The van der Waals surface area contributed by atoms with Crippen LogP contribution in [0.3, 0.4) is 0 Å². The summed E-state index contributed by atoms with van der Waals surface area (Å²) >= 11 is 8.92. The predicted octanol–water partition coefficient (Wildman–Crippen LogP) is 2.62. The van der Waals surface area contributed by atoms with Gasteiger partial charge in [0.1, 0.15) is 25.7 Å². The summed E-state index contributed by atoms with van der Waals surface area (Å²) in [6, 6.07) is -0.870. The number of alkyl halides is 1. The lowest BCUT2D eigenvalue weighted by Crippen LogP contribution is -2.48. The van der Waals surface area contributed by atoms with Crippen molar-refractivity contribution >= 4 is 55.7 Å². The number of halogens is 1. The lowest BCUT2D eigenvalue weighted by atomic mass is 9.92. The average molecular weight is 330 g/mol. The Morgan fingerprint density at radius 2 is 2.18 bits per heavy atom. The number of ether oxygens (including phenoxy) is 1. The summed E-state index contributed by atoms with van der Waals surface area (Å²) in [7, 11) is 5.90. The van der Waals surface area contributed by atoms with Gasteiger partial charge in [0.2, 0.25) is 0 Å². The van der Waals surface area contributed by atoms with Crippen LogP contribution in [-0.2, 0) is 21.1 Å². The van der Waals surface area contributed by atoms with Crippen molar-refractivity contribution in [1.29, 1.82) is 0 Å². The van der Waals surface area contributed by atoms with Crippen molar-refractivity contribution in [2.24, 2.45) is 0 Å². The van der Waals surface area contributed by atoms with E-state index in [9.17, 15) is 4.39 Å². The molecule has 4 atom stereocenters. The van der Waals surface area contributed by atoms with Gasteiger partial charge in [-0.25, -0.2) is 4.39 Å². The molecule has 0 N–H and O–H groups in total. The van der Waals surface area contributed by atoms with Crippen LogP contribution in [0.25, 0.3) is 0 Å². The predicted molar refractivity (Wildman–Crippen MR) is 82.5 cm³/mol. The summed E-state index contributed by atoms with van der Waals surface area (Å²) in [5, 5.41) is 0. The Hall–Kier alpha value is 1.69. The van der Waals surface area contributed by atoms with E-state index < -0.39 is 28.3 Å². The first-order valence-electron chi connectivity index (χ1n) is 5.17. The molecule has 96 valence electrons. The van der Waals surface area contributed by atoms with Crippen LogP contribution in [-0.4, -0.2) is 56.6 Å². The largest absolute Gasteiger partial charge is 0.374 e. The van der Waals surface area contributed by atoms with Gasteiger partial charge in [0.05, 0.1) is 10.4 Å². The van der Waals surface area contributed by atoms with Crippen LogP contribution in [0.1, 0.15) is 0 Å².